The highest BCUT2D eigenvalue weighted by molar-refractivity contribution is 7.99. The summed E-state index contributed by atoms with van der Waals surface area (Å²) in [6, 6.07) is 6.08. The third kappa shape index (κ3) is 4.33. The number of halogens is 1. The molecule has 1 N–H and O–H groups in total. The van der Waals surface area contributed by atoms with Gasteiger partial charge in [-0.15, -0.1) is 0 Å². The second-order valence-electron chi connectivity index (χ2n) is 6.21. The zero-order valence-electron chi connectivity index (χ0n) is 13.8. The Morgan fingerprint density at radius 2 is 2.17 bits per heavy atom. The van der Waals surface area contributed by atoms with Crippen molar-refractivity contribution in [3.63, 3.8) is 0 Å². The lowest BCUT2D eigenvalue weighted by Gasteiger charge is -2.24. The molecule has 24 heavy (non-hydrogen) atoms. The minimum absolute atomic E-state index is 0.0434. The number of rotatable bonds is 5. The van der Waals surface area contributed by atoms with Crippen molar-refractivity contribution in [2.45, 2.75) is 50.2 Å². The van der Waals surface area contributed by atoms with Gasteiger partial charge in [0.25, 0.3) is 0 Å². The van der Waals surface area contributed by atoms with E-state index in [1.807, 2.05) is 31.5 Å². The summed E-state index contributed by atoms with van der Waals surface area (Å²) in [6.45, 7) is 1.94. The molecular weight excluding hydrogens is 342 g/mol. The van der Waals surface area contributed by atoms with E-state index in [1.165, 1.54) is 43.9 Å². The molecule has 1 heterocycles. The van der Waals surface area contributed by atoms with E-state index in [0.29, 0.717) is 16.8 Å². The van der Waals surface area contributed by atoms with E-state index in [4.69, 9.17) is 11.6 Å². The van der Waals surface area contributed by atoms with Gasteiger partial charge in [0.05, 0.1) is 5.75 Å². The van der Waals surface area contributed by atoms with Gasteiger partial charge in [-0.1, -0.05) is 48.7 Å². The molecule has 1 aliphatic carbocycles. The molecule has 0 spiro atoms. The van der Waals surface area contributed by atoms with Crippen LogP contribution in [0.2, 0.25) is 5.02 Å². The Kier molecular flexibility index (Phi) is 5.85. The van der Waals surface area contributed by atoms with Crippen molar-refractivity contribution in [2.75, 3.05) is 11.1 Å². The Labute approximate surface area is 152 Å². The van der Waals surface area contributed by atoms with Crippen molar-refractivity contribution in [1.82, 2.24) is 9.55 Å². The molecule has 1 aromatic carbocycles. The van der Waals surface area contributed by atoms with Gasteiger partial charge in [0.15, 0.2) is 5.16 Å². The van der Waals surface area contributed by atoms with Crippen LogP contribution in [0.1, 0.15) is 43.7 Å². The van der Waals surface area contributed by atoms with E-state index < -0.39 is 0 Å². The third-order valence-corrected chi connectivity index (χ3v) is 5.78. The highest BCUT2D eigenvalue weighted by atomic mass is 35.5. The predicted octanol–water partition coefficient (Wildman–Crippen LogP) is 5.08. The number of carbonyl (C=O) groups excluding carboxylic acids is 1. The van der Waals surface area contributed by atoms with E-state index in [2.05, 4.69) is 14.9 Å². The number of hydrogen-bond acceptors (Lipinski definition) is 3. The molecule has 0 atom stereocenters. The first-order chi connectivity index (χ1) is 11.6. The fourth-order valence-electron chi connectivity index (χ4n) is 3.05. The Morgan fingerprint density at radius 1 is 1.38 bits per heavy atom. The van der Waals surface area contributed by atoms with Crippen molar-refractivity contribution in [3.05, 3.63) is 41.2 Å². The second kappa shape index (κ2) is 8.08. The van der Waals surface area contributed by atoms with E-state index in [1.54, 1.807) is 6.07 Å². The molecule has 128 valence electrons. The Morgan fingerprint density at radius 3 is 2.92 bits per heavy atom. The van der Waals surface area contributed by atoms with Crippen LogP contribution >= 0.6 is 23.4 Å². The molecule has 0 bridgehead atoms. The predicted molar refractivity (Wildman–Crippen MR) is 99.9 cm³/mol. The van der Waals surface area contributed by atoms with Gasteiger partial charge < -0.3 is 9.88 Å². The number of aryl methyl sites for hydroxylation is 1. The van der Waals surface area contributed by atoms with Gasteiger partial charge >= 0.3 is 0 Å². The van der Waals surface area contributed by atoms with Crippen LogP contribution in [-0.4, -0.2) is 21.2 Å². The van der Waals surface area contributed by atoms with Crippen LogP contribution in [0.3, 0.4) is 0 Å². The van der Waals surface area contributed by atoms with Crippen LogP contribution in [0.25, 0.3) is 0 Å². The van der Waals surface area contributed by atoms with Crippen LogP contribution in [0.4, 0.5) is 5.69 Å². The van der Waals surface area contributed by atoms with Crippen molar-refractivity contribution >= 4 is 35.0 Å². The molecule has 0 saturated heterocycles. The monoisotopic (exact) mass is 363 g/mol. The lowest BCUT2D eigenvalue weighted by molar-refractivity contribution is -0.113. The average molecular weight is 364 g/mol. The van der Waals surface area contributed by atoms with Crippen LogP contribution in [0, 0.1) is 6.92 Å². The maximum absolute atomic E-state index is 12.2. The Balaban J connectivity index is 1.56. The first kappa shape index (κ1) is 17.4. The maximum atomic E-state index is 12.2. The maximum Gasteiger partial charge on any atom is 0.234 e. The summed E-state index contributed by atoms with van der Waals surface area (Å²) in [7, 11) is 0. The summed E-state index contributed by atoms with van der Waals surface area (Å²) in [5, 5.41) is 4.48. The lowest BCUT2D eigenvalue weighted by atomic mass is 9.95. The average Bonchev–Trinajstić information content (AvgIpc) is 3.06. The van der Waals surface area contributed by atoms with Crippen LogP contribution < -0.4 is 5.32 Å². The summed E-state index contributed by atoms with van der Waals surface area (Å²) in [5.41, 5.74) is 1.73. The summed E-state index contributed by atoms with van der Waals surface area (Å²) in [4.78, 5) is 16.6. The van der Waals surface area contributed by atoms with Gasteiger partial charge in [0.2, 0.25) is 5.91 Å². The molecule has 1 aliphatic rings. The van der Waals surface area contributed by atoms with Crippen molar-refractivity contribution in [1.29, 1.82) is 0 Å². The molecule has 0 unspecified atom stereocenters. The molecule has 2 aromatic rings. The van der Waals surface area contributed by atoms with Gasteiger partial charge in [-0.05, 0) is 37.5 Å². The van der Waals surface area contributed by atoms with Gasteiger partial charge in [-0.25, -0.2) is 4.98 Å². The number of carbonyl (C=O) groups is 1. The molecule has 1 aromatic heterocycles. The van der Waals surface area contributed by atoms with Crippen LogP contribution in [-0.2, 0) is 4.79 Å². The number of thioether (sulfide) groups is 1. The van der Waals surface area contributed by atoms with Gasteiger partial charge in [0.1, 0.15) is 0 Å². The number of nitrogens with zero attached hydrogens (tertiary/aromatic N) is 2. The highest BCUT2D eigenvalue weighted by Gasteiger charge is 2.18. The van der Waals surface area contributed by atoms with Gasteiger partial charge in [-0.2, -0.15) is 0 Å². The Hall–Kier alpha value is -1.46. The van der Waals surface area contributed by atoms with E-state index >= 15 is 0 Å². The molecule has 1 fully saturated rings. The topological polar surface area (TPSA) is 46.9 Å². The molecule has 0 radical (unpaired) electrons. The number of benzene rings is 1. The third-order valence-electron chi connectivity index (χ3n) is 4.39. The zero-order chi connectivity index (χ0) is 16.9. The van der Waals surface area contributed by atoms with Crippen LogP contribution in [0.15, 0.2) is 35.7 Å². The normalized spacial score (nSPS) is 15.4. The number of nitrogens with one attached hydrogen (secondary N) is 1. The van der Waals surface area contributed by atoms with Crippen molar-refractivity contribution < 1.29 is 4.79 Å². The number of aromatic nitrogens is 2. The van der Waals surface area contributed by atoms with E-state index in [0.717, 1.165) is 16.4 Å². The van der Waals surface area contributed by atoms with Gasteiger partial charge in [-0.3, -0.25) is 4.79 Å². The minimum Gasteiger partial charge on any atom is -0.325 e. The summed E-state index contributed by atoms with van der Waals surface area (Å²) >= 11 is 7.58. The summed E-state index contributed by atoms with van der Waals surface area (Å²) < 4.78 is 2.24. The SMILES string of the molecule is Cc1ccc(NC(=O)CSc2nccn2C2CCCCC2)cc1Cl. The second-order valence-corrected chi connectivity index (χ2v) is 7.56. The number of anilines is 1. The first-order valence-corrected chi connectivity index (χ1v) is 9.71. The fraction of sp³-hybridized carbons (Fsp3) is 0.444. The minimum atomic E-state index is -0.0434. The molecular formula is C18H22ClN3OS. The summed E-state index contributed by atoms with van der Waals surface area (Å²) in [5.74, 6) is 0.299. The van der Waals surface area contributed by atoms with E-state index in [9.17, 15) is 4.79 Å². The van der Waals surface area contributed by atoms with Crippen molar-refractivity contribution in [3.8, 4) is 0 Å². The molecule has 3 rings (SSSR count). The molecule has 4 nitrogen and oxygen atoms in total. The van der Waals surface area contributed by atoms with Crippen molar-refractivity contribution in [2.24, 2.45) is 0 Å². The quantitative estimate of drug-likeness (QED) is 0.753. The van der Waals surface area contributed by atoms with Crippen LogP contribution in [0.5, 0.6) is 0 Å². The zero-order valence-corrected chi connectivity index (χ0v) is 15.4. The Bertz CT molecular complexity index is 710. The lowest BCUT2D eigenvalue weighted by Crippen LogP contribution is -2.16. The standard InChI is InChI=1S/C18H22ClN3OS/c1-13-7-8-14(11-16(13)19)21-17(23)12-24-18-20-9-10-22(18)15-5-3-2-4-6-15/h7-11,15H,2-6,12H2,1H3,(H,21,23). The fourth-order valence-corrected chi connectivity index (χ4v) is 4.05. The smallest absolute Gasteiger partial charge is 0.234 e. The number of imidazole rings is 1. The molecule has 1 amide bonds. The van der Waals surface area contributed by atoms with Gasteiger partial charge in [0, 0.05) is 29.1 Å². The highest BCUT2D eigenvalue weighted by Crippen LogP contribution is 2.31. The first-order valence-electron chi connectivity index (χ1n) is 8.35. The number of amides is 1. The summed E-state index contributed by atoms with van der Waals surface area (Å²) in [6.07, 6.45) is 10.2. The largest absolute Gasteiger partial charge is 0.325 e. The molecule has 1 saturated carbocycles. The number of hydrogen-bond donors (Lipinski definition) is 1. The molecule has 6 heteroatoms. The van der Waals surface area contributed by atoms with E-state index in [-0.39, 0.29) is 5.91 Å². The molecule has 0 aliphatic heterocycles.